The van der Waals surface area contributed by atoms with E-state index in [0.29, 0.717) is 0 Å². The number of carbonyl (C=O) groups is 3. The molecule has 0 N–H and O–H groups in total. The molecule has 0 aromatic heterocycles. The fraction of sp³-hybridized carbons (Fsp3) is 0.211. The van der Waals surface area contributed by atoms with Gasteiger partial charge in [-0.2, -0.15) is 0 Å². The van der Waals surface area contributed by atoms with Gasteiger partial charge in [-0.1, -0.05) is 60.7 Å². The molecule has 0 aliphatic carbocycles. The maximum Gasteiger partial charge on any atom is 0.310 e. The predicted molar refractivity (Wildman–Crippen MR) is 87.2 cm³/mol. The summed E-state index contributed by atoms with van der Waals surface area (Å²) in [5, 5.41) is 0. The van der Waals surface area contributed by atoms with Crippen LogP contribution in [0.1, 0.15) is 11.1 Å². The molecule has 0 radical (unpaired) electrons. The van der Waals surface area contributed by atoms with E-state index < -0.39 is 30.9 Å². The van der Waals surface area contributed by atoms with Crippen LogP contribution in [-0.2, 0) is 36.7 Å². The third kappa shape index (κ3) is 6.44. The first-order valence-electron chi connectivity index (χ1n) is 7.54. The fourth-order valence-electron chi connectivity index (χ4n) is 1.99. The molecule has 2 rings (SSSR count). The molecule has 0 amide bonds. The van der Waals surface area contributed by atoms with E-state index in [1.54, 1.807) is 24.3 Å². The number of hydrogen-bond donors (Lipinski definition) is 0. The van der Waals surface area contributed by atoms with Crippen LogP contribution in [0.5, 0.6) is 0 Å². The number of benzene rings is 2. The molecule has 0 unspecified atom stereocenters. The zero-order chi connectivity index (χ0) is 17.2. The van der Waals surface area contributed by atoms with Crippen LogP contribution in [0.3, 0.4) is 0 Å². The highest BCUT2D eigenvalue weighted by Gasteiger charge is 2.11. The van der Waals surface area contributed by atoms with Gasteiger partial charge in [0.2, 0.25) is 5.78 Å². The van der Waals surface area contributed by atoms with E-state index in [0.717, 1.165) is 11.1 Å². The Kier molecular flexibility index (Phi) is 6.71. The van der Waals surface area contributed by atoms with Crippen LogP contribution >= 0.6 is 0 Å². The van der Waals surface area contributed by atoms with E-state index in [1.807, 2.05) is 36.4 Å². The van der Waals surface area contributed by atoms with E-state index in [1.165, 1.54) is 0 Å². The zero-order valence-electron chi connectivity index (χ0n) is 13.1. The Labute approximate surface area is 140 Å². The van der Waals surface area contributed by atoms with Gasteiger partial charge in [-0.25, -0.2) is 0 Å². The van der Waals surface area contributed by atoms with Crippen molar-refractivity contribution in [1.82, 2.24) is 0 Å². The second-order valence-electron chi connectivity index (χ2n) is 5.18. The van der Waals surface area contributed by atoms with Crippen LogP contribution in [0.2, 0.25) is 0 Å². The largest absolute Gasteiger partial charge is 0.457 e. The normalized spacial score (nSPS) is 10.0. The predicted octanol–water partition coefficient (Wildman–Crippen LogP) is 2.13. The SMILES string of the molecule is O=C(COC(=O)Cc1ccccc1)COC(=O)Cc1ccccc1. The Balaban J connectivity index is 1.64. The lowest BCUT2D eigenvalue weighted by Crippen LogP contribution is -2.21. The molecule has 0 fully saturated rings. The van der Waals surface area contributed by atoms with Gasteiger partial charge in [0.15, 0.2) is 13.2 Å². The number of ketones is 1. The smallest absolute Gasteiger partial charge is 0.310 e. The number of hydrogen-bond acceptors (Lipinski definition) is 5. The molecule has 0 aliphatic rings. The van der Waals surface area contributed by atoms with Crippen LogP contribution in [-0.4, -0.2) is 30.9 Å². The molecule has 24 heavy (non-hydrogen) atoms. The first-order chi connectivity index (χ1) is 11.6. The van der Waals surface area contributed by atoms with Crippen molar-refractivity contribution in [3.63, 3.8) is 0 Å². The molecule has 0 aliphatic heterocycles. The van der Waals surface area contributed by atoms with Gasteiger partial charge in [0.05, 0.1) is 12.8 Å². The summed E-state index contributed by atoms with van der Waals surface area (Å²) in [5.41, 5.74) is 1.62. The standard InChI is InChI=1S/C19H18O5/c20-17(13-23-18(21)11-15-7-3-1-4-8-15)14-24-19(22)12-16-9-5-2-6-10-16/h1-10H,11-14H2. The first-order valence-corrected chi connectivity index (χ1v) is 7.54. The van der Waals surface area contributed by atoms with Crippen molar-refractivity contribution in [2.75, 3.05) is 13.2 Å². The minimum Gasteiger partial charge on any atom is -0.457 e. The van der Waals surface area contributed by atoms with E-state index in [4.69, 9.17) is 9.47 Å². The number of carbonyl (C=O) groups excluding carboxylic acids is 3. The van der Waals surface area contributed by atoms with Crippen molar-refractivity contribution >= 4 is 17.7 Å². The molecule has 0 bridgehead atoms. The van der Waals surface area contributed by atoms with Gasteiger partial charge in [-0.3, -0.25) is 14.4 Å². The molecule has 0 saturated heterocycles. The summed E-state index contributed by atoms with van der Waals surface area (Å²) in [5.74, 6) is -1.45. The van der Waals surface area contributed by atoms with Gasteiger partial charge >= 0.3 is 11.9 Å². The van der Waals surface area contributed by atoms with Crippen molar-refractivity contribution in [3.8, 4) is 0 Å². The van der Waals surface area contributed by atoms with Crippen LogP contribution < -0.4 is 0 Å². The summed E-state index contributed by atoms with van der Waals surface area (Å²) >= 11 is 0. The maximum atomic E-state index is 11.6. The Morgan fingerprint density at radius 2 is 1.00 bits per heavy atom. The fourth-order valence-corrected chi connectivity index (χ4v) is 1.99. The minimum absolute atomic E-state index is 0.0991. The average molecular weight is 326 g/mol. The van der Waals surface area contributed by atoms with Gasteiger partial charge in [0.1, 0.15) is 0 Å². The van der Waals surface area contributed by atoms with Crippen molar-refractivity contribution in [2.24, 2.45) is 0 Å². The van der Waals surface area contributed by atoms with E-state index in [2.05, 4.69) is 0 Å². The average Bonchev–Trinajstić information content (AvgIpc) is 2.60. The Bertz CT molecular complexity index is 620. The lowest BCUT2D eigenvalue weighted by molar-refractivity contribution is -0.152. The Morgan fingerprint density at radius 3 is 1.38 bits per heavy atom. The third-order valence-electron chi connectivity index (χ3n) is 3.17. The summed E-state index contributed by atoms with van der Waals surface area (Å²) in [4.78, 5) is 34.8. The van der Waals surface area contributed by atoms with E-state index in [9.17, 15) is 14.4 Å². The molecule has 5 heteroatoms. The Hall–Kier alpha value is -2.95. The van der Waals surface area contributed by atoms with Crippen LogP contribution in [0.4, 0.5) is 0 Å². The first kappa shape index (κ1) is 17.4. The quantitative estimate of drug-likeness (QED) is 0.695. The number of ether oxygens (including phenoxy) is 2. The second-order valence-corrected chi connectivity index (χ2v) is 5.18. The summed E-state index contributed by atoms with van der Waals surface area (Å²) < 4.78 is 9.76. The highest BCUT2D eigenvalue weighted by Crippen LogP contribution is 2.02. The molecule has 5 nitrogen and oxygen atoms in total. The molecule has 2 aromatic rings. The van der Waals surface area contributed by atoms with Gasteiger partial charge in [0.25, 0.3) is 0 Å². The lowest BCUT2D eigenvalue weighted by atomic mass is 10.2. The molecule has 124 valence electrons. The topological polar surface area (TPSA) is 69.7 Å². The second kappa shape index (κ2) is 9.25. The molecule has 0 spiro atoms. The highest BCUT2D eigenvalue weighted by atomic mass is 16.6. The highest BCUT2D eigenvalue weighted by molar-refractivity contribution is 5.85. The number of rotatable bonds is 8. The summed E-state index contributed by atoms with van der Waals surface area (Å²) in [7, 11) is 0. The summed E-state index contributed by atoms with van der Waals surface area (Å²) in [6.45, 7) is -0.797. The number of Topliss-reactive ketones (excluding diaryl/α,β-unsaturated/α-hetero) is 1. The van der Waals surface area contributed by atoms with E-state index >= 15 is 0 Å². The third-order valence-corrected chi connectivity index (χ3v) is 3.17. The van der Waals surface area contributed by atoms with Gasteiger partial charge in [0, 0.05) is 0 Å². The summed E-state index contributed by atoms with van der Waals surface area (Å²) in [6.07, 6.45) is 0.198. The van der Waals surface area contributed by atoms with E-state index in [-0.39, 0.29) is 12.8 Å². The molecular weight excluding hydrogens is 308 g/mol. The molecule has 2 aromatic carbocycles. The van der Waals surface area contributed by atoms with Crippen molar-refractivity contribution < 1.29 is 23.9 Å². The molecule has 0 saturated carbocycles. The van der Waals surface area contributed by atoms with Crippen LogP contribution in [0.25, 0.3) is 0 Å². The zero-order valence-corrected chi connectivity index (χ0v) is 13.1. The van der Waals surface area contributed by atoms with Crippen molar-refractivity contribution in [3.05, 3.63) is 71.8 Å². The number of esters is 2. The van der Waals surface area contributed by atoms with Gasteiger partial charge < -0.3 is 9.47 Å². The monoisotopic (exact) mass is 326 g/mol. The lowest BCUT2D eigenvalue weighted by Gasteiger charge is -2.06. The van der Waals surface area contributed by atoms with Gasteiger partial charge in [-0.15, -0.1) is 0 Å². The Morgan fingerprint density at radius 1 is 0.625 bits per heavy atom. The maximum absolute atomic E-state index is 11.6. The van der Waals surface area contributed by atoms with Gasteiger partial charge in [-0.05, 0) is 11.1 Å². The van der Waals surface area contributed by atoms with Crippen molar-refractivity contribution in [1.29, 1.82) is 0 Å². The van der Waals surface area contributed by atoms with Crippen LogP contribution in [0, 0.1) is 0 Å². The molecule has 0 heterocycles. The molecule has 0 atom stereocenters. The van der Waals surface area contributed by atoms with Crippen molar-refractivity contribution in [2.45, 2.75) is 12.8 Å². The molecular formula is C19H18O5. The minimum atomic E-state index is -0.495. The summed E-state index contributed by atoms with van der Waals surface area (Å²) in [6, 6.07) is 18.2. The van der Waals surface area contributed by atoms with Crippen LogP contribution in [0.15, 0.2) is 60.7 Å².